The van der Waals surface area contributed by atoms with Crippen LogP contribution < -0.4 is 5.32 Å². The highest BCUT2D eigenvalue weighted by Gasteiger charge is 2.22. The number of fused-ring (bicyclic) bond motifs is 8. The number of nitrogens with one attached hydrogen (secondary N) is 2. The van der Waals surface area contributed by atoms with E-state index < -0.39 is 0 Å². The molecular formula is C26H23N7O. The summed E-state index contributed by atoms with van der Waals surface area (Å²) in [6, 6.07) is 6.12. The molecule has 0 saturated carbocycles. The molecule has 0 aliphatic carbocycles. The molecule has 0 aliphatic heterocycles. The van der Waals surface area contributed by atoms with E-state index in [4.69, 9.17) is 9.97 Å². The maximum atomic E-state index is 12.3. The molecule has 4 aromatic heterocycles. The van der Waals surface area contributed by atoms with Crippen LogP contribution in [0.25, 0.3) is 54.9 Å². The Morgan fingerprint density at radius 1 is 1.12 bits per heavy atom. The number of carbonyl (C=O) groups excluding carboxylic acids is 1. The lowest BCUT2D eigenvalue weighted by atomic mass is 9.95. The van der Waals surface area contributed by atoms with Crippen molar-refractivity contribution in [2.45, 2.75) is 13.8 Å². The third kappa shape index (κ3) is 2.65. The molecule has 0 radical (unpaired) electrons. The molecule has 168 valence electrons. The second-order valence-electron chi connectivity index (χ2n) is 8.68. The Morgan fingerprint density at radius 3 is 2.68 bits per heavy atom. The van der Waals surface area contributed by atoms with E-state index in [9.17, 15) is 4.79 Å². The van der Waals surface area contributed by atoms with Gasteiger partial charge < -0.3 is 5.32 Å². The molecule has 0 aliphatic rings. The third-order valence-corrected chi connectivity index (χ3v) is 6.62. The van der Waals surface area contributed by atoms with Crippen LogP contribution in [0.1, 0.15) is 11.1 Å². The van der Waals surface area contributed by atoms with E-state index in [0.29, 0.717) is 5.65 Å². The minimum atomic E-state index is -0.249. The Hall–Kier alpha value is -4.46. The average Bonchev–Trinajstić information content (AvgIpc) is 3.52. The number of benzene rings is 2. The molecular weight excluding hydrogens is 426 g/mol. The van der Waals surface area contributed by atoms with Crippen LogP contribution in [-0.4, -0.2) is 35.4 Å². The zero-order valence-corrected chi connectivity index (χ0v) is 19.4. The van der Waals surface area contributed by atoms with Gasteiger partial charge in [0.25, 0.3) is 0 Å². The standard InChI is InChI=1S/C26H23N7O/c1-6-19(34)29-23-13(2)7-8-15-21-20-14(3)16(18-9-10-28-33(18)5)11-27-26(20)30-24(21)17-12-32(4)31-25(17)22(15)23/h6-12,31H,1H2,2-5H3,(H,29,34). The number of rotatable bonds is 3. The van der Waals surface area contributed by atoms with Crippen molar-refractivity contribution >= 4 is 55.2 Å². The lowest BCUT2D eigenvalue weighted by molar-refractivity contribution is -0.111. The first-order chi connectivity index (χ1) is 16.4. The summed E-state index contributed by atoms with van der Waals surface area (Å²) in [5.41, 5.74) is 7.34. The van der Waals surface area contributed by atoms with Crippen molar-refractivity contribution in [3.8, 4) is 11.3 Å². The van der Waals surface area contributed by atoms with Gasteiger partial charge in [-0.15, -0.1) is 0 Å². The fourth-order valence-corrected chi connectivity index (χ4v) is 5.01. The first-order valence-electron chi connectivity index (χ1n) is 11.0. The molecule has 6 aromatic rings. The van der Waals surface area contributed by atoms with Gasteiger partial charge in [0.1, 0.15) is 0 Å². The zero-order valence-electron chi connectivity index (χ0n) is 19.4. The van der Waals surface area contributed by atoms with Gasteiger partial charge in [0.05, 0.1) is 22.4 Å². The average molecular weight is 450 g/mol. The summed E-state index contributed by atoms with van der Waals surface area (Å²) >= 11 is 0. The van der Waals surface area contributed by atoms with E-state index in [1.807, 2.05) is 54.9 Å². The molecule has 0 bridgehead atoms. The monoisotopic (exact) mass is 449 g/mol. The van der Waals surface area contributed by atoms with E-state index >= 15 is 0 Å². The van der Waals surface area contributed by atoms with Gasteiger partial charge >= 0.3 is 0 Å². The quantitative estimate of drug-likeness (QED) is 0.376. The Bertz CT molecular complexity index is 1820. The first kappa shape index (κ1) is 20.2. The molecule has 1 amide bonds. The van der Waals surface area contributed by atoms with Gasteiger partial charge in [-0.1, -0.05) is 18.7 Å². The van der Waals surface area contributed by atoms with Crippen LogP contribution in [0.15, 0.2) is 49.4 Å². The van der Waals surface area contributed by atoms with Crippen LogP contribution in [0.5, 0.6) is 0 Å². The minimum absolute atomic E-state index is 0.249. The maximum Gasteiger partial charge on any atom is 0.247 e. The van der Waals surface area contributed by atoms with Crippen molar-refractivity contribution in [1.29, 1.82) is 0 Å². The summed E-state index contributed by atoms with van der Waals surface area (Å²) in [5.74, 6) is -0.249. The Labute approximate surface area is 194 Å². The van der Waals surface area contributed by atoms with Gasteiger partial charge in [0.2, 0.25) is 5.91 Å². The summed E-state index contributed by atoms with van der Waals surface area (Å²) < 4.78 is 3.76. The fraction of sp³-hybridized carbons (Fsp3) is 0.154. The van der Waals surface area contributed by atoms with Gasteiger partial charge in [0.15, 0.2) is 5.65 Å². The number of carbonyl (C=O) groups is 1. The summed E-state index contributed by atoms with van der Waals surface area (Å²) in [6.45, 7) is 7.72. The molecule has 2 aromatic carbocycles. The molecule has 0 unspecified atom stereocenters. The highest BCUT2D eigenvalue weighted by Crippen LogP contribution is 2.43. The zero-order chi connectivity index (χ0) is 23.7. The van der Waals surface area contributed by atoms with Crippen LogP contribution in [0.3, 0.4) is 0 Å². The summed E-state index contributed by atoms with van der Waals surface area (Å²) in [5, 5.41) is 15.7. The molecule has 4 heterocycles. The lowest BCUT2D eigenvalue weighted by Crippen LogP contribution is -2.09. The summed E-state index contributed by atoms with van der Waals surface area (Å²) in [4.78, 5) is 22.0. The van der Waals surface area contributed by atoms with Crippen molar-refractivity contribution in [1.82, 2.24) is 29.5 Å². The van der Waals surface area contributed by atoms with Gasteiger partial charge in [-0.05, 0) is 42.5 Å². The molecule has 34 heavy (non-hydrogen) atoms. The molecule has 6 rings (SSSR count). The molecule has 0 saturated heterocycles. The number of nitrogens with zero attached hydrogens (tertiary/aromatic N) is 5. The highest BCUT2D eigenvalue weighted by atomic mass is 16.1. The second kappa shape index (κ2) is 7.02. The number of aromatic amines is 1. The molecule has 8 heteroatoms. The molecule has 2 N–H and O–H groups in total. The van der Waals surface area contributed by atoms with Crippen LogP contribution in [-0.2, 0) is 18.9 Å². The Balaban J connectivity index is 1.84. The summed E-state index contributed by atoms with van der Waals surface area (Å²) in [7, 11) is 3.87. The van der Waals surface area contributed by atoms with Crippen LogP contribution in [0, 0.1) is 13.8 Å². The van der Waals surface area contributed by atoms with E-state index in [-0.39, 0.29) is 5.91 Å². The van der Waals surface area contributed by atoms with Gasteiger partial charge in [0, 0.05) is 59.8 Å². The topological polar surface area (TPSA) is 93.4 Å². The molecule has 8 nitrogen and oxygen atoms in total. The van der Waals surface area contributed by atoms with Crippen molar-refractivity contribution in [3.05, 3.63) is 60.6 Å². The second-order valence-corrected chi connectivity index (χ2v) is 8.68. The van der Waals surface area contributed by atoms with Crippen molar-refractivity contribution < 1.29 is 4.79 Å². The van der Waals surface area contributed by atoms with E-state index in [2.05, 4.69) is 35.1 Å². The lowest BCUT2D eigenvalue weighted by Gasteiger charge is -2.13. The molecule has 0 spiro atoms. The van der Waals surface area contributed by atoms with Crippen LogP contribution in [0.2, 0.25) is 0 Å². The maximum absolute atomic E-state index is 12.3. The molecule has 0 fully saturated rings. The number of hydrogen-bond acceptors (Lipinski definition) is 4. The smallest absolute Gasteiger partial charge is 0.247 e. The largest absolute Gasteiger partial charge is 0.322 e. The number of aromatic nitrogens is 6. The van der Waals surface area contributed by atoms with Crippen molar-refractivity contribution in [2.75, 3.05) is 5.32 Å². The molecule has 0 atom stereocenters. The fourth-order valence-electron chi connectivity index (χ4n) is 5.01. The third-order valence-electron chi connectivity index (χ3n) is 6.62. The highest BCUT2D eigenvalue weighted by molar-refractivity contribution is 6.33. The van der Waals surface area contributed by atoms with Crippen molar-refractivity contribution in [3.63, 3.8) is 0 Å². The van der Waals surface area contributed by atoms with Crippen LogP contribution in [0.4, 0.5) is 5.69 Å². The minimum Gasteiger partial charge on any atom is -0.322 e. The number of hydrogen-bond donors (Lipinski definition) is 2. The summed E-state index contributed by atoms with van der Waals surface area (Å²) in [6.07, 6.45) is 6.98. The van der Waals surface area contributed by atoms with E-state index in [0.717, 1.165) is 66.0 Å². The number of pyridine rings is 1. The van der Waals surface area contributed by atoms with E-state index in [1.165, 1.54) is 6.08 Å². The number of anilines is 1. The predicted octanol–water partition coefficient (Wildman–Crippen LogP) is 4.90. The van der Waals surface area contributed by atoms with Crippen molar-refractivity contribution in [2.24, 2.45) is 14.1 Å². The van der Waals surface area contributed by atoms with Gasteiger partial charge in [-0.25, -0.2) is 9.97 Å². The van der Waals surface area contributed by atoms with Crippen LogP contribution >= 0.6 is 0 Å². The first-order valence-corrected chi connectivity index (χ1v) is 11.0. The Morgan fingerprint density at radius 2 is 1.94 bits per heavy atom. The van der Waals surface area contributed by atoms with Gasteiger partial charge in [-0.3, -0.25) is 19.3 Å². The Kier molecular flexibility index (Phi) is 4.16. The normalized spacial score (nSPS) is 11.8. The number of aryl methyl sites for hydroxylation is 4. The SMILES string of the molecule is C=CC(=O)Nc1c(C)ccc2c1c1[nH]n(C)cc1c1nc3ncc(-c4ccnn4C)c(C)c3c21. The predicted molar refractivity (Wildman–Crippen MR) is 136 cm³/mol. The number of H-pyrrole nitrogens is 1. The van der Waals surface area contributed by atoms with Gasteiger partial charge in [-0.2, -0.15) is 5.10 Å². The number of amides is 1. The van der Waals surface area contributed by atoms with E-state index in [1.54, 1.807) is 6.20 Å².